The van der Waals surface area contributed by atoms with E-state index in [1.807, 2.05) is 54.3 Å². The minimum Gasteiger partial charge on any atom is -0.349 e. The fraction of sp³-hybridized carbons (Fsp3) is 0.333. The Hall–Kier alpha value is -3.48. The number of aromatic nitrogens is 2. The van der Waals surface area contributed by atoms with E-state index in [0.29, 0.717) is 42.6 Å². The van der Waals surface area contributed by atoms with Gasteiger partial charge in [0.05, 0.1) is 17.5 Å². The summed E-state index contributed by atoms with van der Waals surface area (Å²) >= 11 is 0. The lowest BCUT2D eigenvalue weighted by atomic mass is 10.0. The Balaban J connectivity index is 1.39. The molecule has 1 fully saturated rings. The van der Waals surface area contributed by atoms with Gasteiger partial charge in [0.2, 0.25) is 5.91 Å². The lowest BCUT2D eigenvalue weighted by Crippen LogP contribution is -2.47. The van der Waals surface area contributed by atoms with Crippen LogP contribution in [-0.4, -0.2) is 45.6 Å². The van der Waals surface area contributed by atoms with Gasteiger partial charge in [-0.3, -0.25) is 14.4 Å². The van der Waals surface area contributed by atoms with Gasteiger partial charge in [-0.15, -0.1) is 0 Å². The molecule has 2 heterocycles. The Morgan fingerprint density at radius 3 is 2.39 bits per heavy atom. The van der Waals surface area contributed by atoms with E-state index in [4.69, 9.17) is 0 Å². The number of rotatable bonds is 4. The molecule has 0 aliphatic carbocycles. The number of carbonyl (C=O) groups is 2. The van der Waals surface area contributed by atoms with E-state index in [0.717, 1.165) is 10.9 Å². The number of amides is 2. The van der Waals surface area contributed by atoms with E-state index in [1.165, 1.54) is 4.68 Å². The van der Waals surface area contributed by atoms with Crippen molar-refractivity contribution >= 4 is 22.6 Å². The highest BCUT2D eigenvalue weighted by atomic mass is 16.2. The second-order valence-electron chi connectivity index (χ2n) is 8.04. The molecule has 7 heteroatoms. The van der Waals surface area contributed by atoms with E-state index in [-0.39, 0.29) is 29.8 Å². The lowest BCUT2D eigenvalue weighted by molar-refractivity contribution is -0.131. The average molecular weight is 418 g/mol. The lowest BCUT2D eigenvalue weighted by Gasteiger charge is -2.32. The van der Waals surface area contributed by atoms with Crippen LogP contribution >= 0.6 is 0 Å². The Kier molecular flexibility index (Phi) is 5.84. The fourth-order valence-corrected chi connectivity index (χ4v) is 4.13. The van der Waals surface area contributed by atoms with Crippen molar-refractivity contribution in [1.29, 1.82) is 0 Å². The molecule has 0 unspecified atom stereocenters. The van der Waals surface area contributed by atoms with Crippen molar-refractivity contribution in [3.05, 3.63) is 75.7 Å². The molecule has 7 nitrogen and oxygen atoms in total. The number of hydrogen-bond acceptors (Lipinski definition) is 4. The van der Waals surface area contributed by atoms with Crippen LogP contribution in [0.2, 0.25) is 0 Å². The van der Waals surface area contributed by atoms with E-state index in [9.17, 15) is 14.4 Å². The minimum absolute atomic E-state index is 0.0139. The first-order chi connectivity index (χ1) is 14.9. The number of hydrogen-bond donors (Lipinski definition) is 1. The maximum atomic E-state index is 12.9. The van der Waals surface area contributed by atoms with Crippen LogP contribution in [0.15, 0.2) is 53.3 Å². The van der Waals surface area contributed by atoms with Crippen LogP contribution in [0.4, 0.5) is 0 Å². The number of benzene rings is 2. The number of nitrogens with one attached hydrogen (secondary N) is 1. The molecule has 1 N–H and O–H groups in total. The van der Waals surface area contributed by atoms with Crippen molar-refractivity contribution in [3.8, 4) is 0 Å². The monoisotopic (exact) mass is 418 g/mol. The third kappa shape index (κ3) is 4.35. The highest BCUT2D eigenvalue weighted by molar-refractivity contribution is 5.95. The molecule has 1 saturated heterocycles. The van der Waals surface area contributed by atoms with Crippen LogP contribution < -0.4 is 10.9 Å². The predicted molar refractivity (Wildman–Crippen MR) is 119 cm³/mol. The van der Waals surface area contributed by atoms with Gasteiger partial charge in [-0.25, -0.2) is 4.68 Å². The molecule has 160 valence electrons. The Morgan fingerprint density at radius 2 is 1.68 bits per heavy atom. The summed E-state index contributed by atoms with van der Waals surface area (Å²) in [5, 5.41) is 8.72. The number of likely N-dealkylation sites (tertiary alicyclic amines) is 1. The van der Waals surface area contributed by atoms with Gasteiger partial charge < -0.3 is 10.2 Å². The summed E-state index contributed by atoms with van der Waals surface area (Å²) in [5.74, 6) is -0.0799. The van der Waals surface area contributed by atoms with Gasteiger partial charge in [0.1, 0.15) is 0 Å². The quantitative estimate of drug-likeness (QED) is 0.704. The van der Waals surface area contributed by atoms with Crippen LogP contribution in [0.5, 0.6) is 0 Å². The fourth-order valence-electron chi connectivity index (χ4n) is 4.13. The predicted octanol–water partition coefficient (Wildman–Crippen LogP) is 2.21. The molecule has 0 atom stereocenters. The van der Waals surface area contributed by atoms with Gasteiger partial charge in [-0.05, 0) is 37.5 Å². The van der Waals surface area contributed by atoms with E-state index >= 15 is 0 Å². The summed E-state index contributed by atoms with van der Waals surface area (Å²) in [4.78, 5) is 39.6. The second-order valence-corrected chi connectivity index (χ2v) is 8.04. The summed E-state index contributed by atoms with van der Waals surface area (Å²) in [6.45, 7) is 3.09. The van der Waals surface area contributed by atoms with Crippen LogP contribution in [0.25, 0.3) is 10.8 Å². The summed E-state index contributed by atoms with van der Waals surface area (Å²) in [6, 6.07) is 14.8. The first kappa shape index (κ1) is 20.8. The Morgan fingerprint density at radius 1 is 1.03 bits per heavy atom. The first-order valence-corrected chi connectivity index (χ1v) is 10.5. The van der Waals surface area contributed by atoms with Crippen molar-refractivity contribution in [2.24, 2.45) is 7.05 Å². The standard InChI is InChI=1S/C24H26N4O3/c1-16-7-3-4-8-18(16)23(30)25-17-11-13-28(14-12-17)22(29)15-21-19-9-5-6-10-20(19)24(31)27(2)26-21/h3-10,17H,11-15H2,1-2H3,(H,25,30). The second kappa shape index (κ2) is 8.71. The molecule has 0 radical (unpaired) electrons. The van der Waals surface area contributed by atoms with Crippen molar-refractivity contribution in [2.45, 2.75) is 32.2 Å². The van der Waals surface area contributed by atoms with Crippen molar-refractivity contribution in [1.82, 2.24) is 20.0 Å². The number of carbonyl (C=O) groups excluding carboxylic acids is 2. The molecule has 1 aliphatic rings. The smallest absolute Gasteiger partial charge is 0.274 e. The molecule has 3 aromatic rings. The summed E-state index contributed by atoms with van der Waals surface area (Å²) in [6.07, 6.45) is 1.57. The molecule has 0 saturated carbocycles. The molecule has 2 aromatic carbocycles. The van der Waals surface area contributed by atoms with E-state index in [2.05, 4.69) is 10.4 Å². The third-order valence-corrected chi connectivity index (χ3v) is 5.92. The third-order valence-electron chi connectivity index (χ3n) is 5.92. The molecule has 1 aromatic heterocycles. The number of nitrogens with zero attached hydrogens (tertiary/aromatic N) is 3. The molecule has 0 spiro atoms. The normalized spacial score (nSPS) is 14.6. The van der Waals surface area contributed by atoms with Gasteiger partial charge in [-0.1, -0.05) is 36.4 Å². The Labute approximate surface area is 180 Å². The SMILES string of the molecule is Cc1ccccc1C(=O)NC1CCN(C(=O)Cc2nn(C)c(=O)c3ccccc23)CC1. The van der Waals surface area contributed by atoms with Crippen molar-refractivity contribution in [3.63, 3.8) is 0 Å². The zero-order valence-corrected chi connectivity index (χ0v) is 17.8. The number of piperidine rings is 1. The van der Waals surface area contributed by atoms with Crippen LogP contribution in [0, 0.1) is 6.92 Å². The molecule has 4 rings (SSSR count). The number of aryl methyl sites for hydroxylation is 2. The Bertz CT molecular complexity index is 1190. The van der Waals surface area contributed by atoms with Crippen LogP contribution in [0.3, 0.4) is 0 Å². The van der Waals surface area contributed by atoms with Gasteiger partial charge in [0.25, 0.3) is 11.5 Å². The highest BCUT2D eigenvalue weighted by Gasteiger charge is 2.25. The van der Waals surface area contributed by atoms with E-state index < -0.39 is 0 Å². The highest BCUT2D eigenvalue weighted by Crippen LogP contribution is 2.17. The summed E-state index contributed by atoms with van der Waals surface area (Å²) < 4.78 is 1.29. The maximum absolute atomic E-state index is 12.9. The largest absolute Gasteiger partial charge is 0.349 e. The zero-order valence-electron chi connectivity index (χ0n) is 17.8. The van der Waals surface area contributed by atoms with Gasteiger partial charge >= 0.3 is 0 Å². The van der Waals surface area contributed by atoms with Crippen molar-refractivity contribution in [2.75, 3.05) is 13.1 Å². The van der Waals surface area contributed by atoms with Crippen LogP contribution in [0.1, 0.15) is 34.5 Å². The molecule has 31 heavy (non-hydrogen) atoms. The van der Waals surface area contributed by atoms with Gasteiger partial charge in [0.15, 0.2) is 0 Å². The number of fused-ring (bicyclic) bond motifs is 1. The van der Waals surface area contributed by atoms with Crippen LogP contribution in [-0.2, 0) is 18.3 Å². The first-order valence-electron chi connectivity index (χ1n) is 10.5. The maximum Gasteiger partial charge on any atom is 0.274 e. The van der Waals surface area contributed by atoms with Crippen molar-refractivity contribution < 1.29 is 9.59 Å². The average Bonchev–Trinajstić information content (AvgIpc) is 2.78. The zero-order chi connectivity index (χ0) is 22.0. The topological polar surface area (TPSA) is 84.3 Å². The van der Waals surface area contributed by atoms with Gasteiger partial charge in [0, 0.05) is 37.1 Å². The van der Waals surface area contributed by atoms with E-state index in [1.54, 1.807) is 13.1 Å². The summed E-state index contributed by atoms with van der Waals surface area (Å²) in [7, 11) is 1.60. The molecular weight excluding hydrogens is 392 g/mol. The molecular formula is C24H26N4O3. The van der Waals surface area contributed by atoms with Gasteiger partial charge in [-0.2, -0.15) is 5.10 Å². The molecule has 1 aliphatic heterocycles. The molecule has 0 bridgehead atoms. The minimum atomic E-state index is -0.169. The molecule has 2 amide bonds. The summed E-state index contributed by atoms with van der Waals surface area (Å²) in [5.41, 5.74) is 2.08.